The van der Waals surface area contributed by atoms with Crippen LogP contribution in [0.25, 0.3) is 0 Å². The second kappa shape index (κ2) is 8.31. The number of benzene rings is 1. The first-order valence-electron chi connectivity index (χ1n) is 7.44. The first-order valence-corrected chi connectivity index (χ1v) is 7.44. The molecular weight excluding hydrogens is 264 g/mol. The summed E-state index contributed by atoms with van der Waals surface area (Å²) in [7, 11) is 1.61. The van der Waals surface area contributed by atoms with Crippen LogP contribution in [0.1, 0.15) is 45.1 Å². The minimum atomic E-state index is -0.900. The monoisotopic (exact) mass is 288 g/mol. The van der Waals surface area contributed by atoms with Crippen LogP contribution in [0.15, 0.2) is 24.3 Å². The number of methoxy groups -OCH3 is 1. The summed E-state index contributed by atoms with van der Waals surface area (Å²) in [6.07, 6.45) is 2.84. The number of hydrogen-bond donors (Lipinski definition) is 1. The number of ether oxygens (including phenoxy) is 1. The van der Waals surface area contributed by atoms with E-state index in [1.54, 1.807) is 7.11 Å². The highest BCUT2D eigenvalue weighted by Gasteiger charge is 2.36. The van der Waals surface area contributed by atoms with Gasteiger partial charge in [-0.3, -0.25) is 4.79 Å². The Kier molecular flexibility index (Phi) is 6.74. The minimum Gasteiger partial charge on any atom is -0.497 e. The molecule has 21 heavy (non-hydrogen) atoms. The van der Waals surface area contributed by atoms with Gasteiger partial charge in [-0.25, -0.2) is 0 Å². The molecule has 1 amide bonds. The topological polar surface area (TPSA) is 62.1 Å². The quantitative estimate of drug-likeness (QED) is 0.797. The van der Waals surface area contributed by atoms with Crippen LogP contribution < -0.4 is 10.1 Å². The second-order valence-electron chi connectivity index (χ2n) is 5.23. The lowest BCUT2D eigenvalue weighted by molar-refractivity contribution is -0.129. The Hall–Kier alpha value is -2.02. The molecule has 0 aliphatic heterocycles. The molecule has 0 saturated carbocycles. The fraction of sp³-hybridized carbons (Fsp3) is 0.529. The highest BCUT2D eigenvalue weighted by Crippen LogP contribution is 2.29. The molecule has 1 N–H and O–H groups in total. The largest absolute Gasteiger partial charge is 0.497 e. The highest BCUT2D eigenvalue weighted by atomic mass is 16.5. The van der Waals surface area contributed by atoms with E-state index in [0.29, 0.717) is 19.4 Å². The van der Waals surface area contributed by atoms with Crippen LogP contribution in [-0.2, 0) is 11.3 Å². The van der Waals surface area contributed by atoms with Crippen molar-refractivity contribution < 1.29 is 9.53 Å². The zero-order valence-corrected chi connectivity index (χ0v) is 13.1. The third-order valence-electron chi connectivity index (χ3n) is 3.59. The summed E-state index contributed by atoms with van der Waals surface area (Å²) in [5, 5.41) is 12.4. The summed E-state index contributed by atoms with van der Waals surface area (Å²) in [6.45, 7) is 4.40. The number of amides is 1. The fourth-order valence-corrected chi connectivity index (χ4v) is 2.50. The SMILES string of the molecule is CCCC(C#N)(CCC)C(=O)NCc1cccc(OC)c1. The molecule has 0 bridgehead atoms. The van der Waals surface area contributed by atoms with Crippen molar-refractivity contribution in [3.8, 4) is 11.8 Å². The molecule has 1 rings (SSSR count). The van der Waals surface area contributed by atoms with Crippen molar-refractivity contribution in [1.82, 2.24) is 5.32 Å². The van der Waals surface area contributed by atoms with Crippen molar-refractivity contribution in [2.45, 2.75) is 46.1 Å². The van der Waals surface area contributed by atoms with Crippen molar-refractivity contribution in [2.75, 3.05) is 7.11 Å². The van der Waals surface area contributed by atoms with Gasteiger partial charge in [-0.15, -0.1) is 0 Å². The predicted octanol–water partition coefficient (Wildman–Crippen LogP) is 3.42. The normalized spacial score (nSPS) is 10.8. The van der Waals surface area contributed by atoms with Crippen molar-refractivity contribution >= 4 is 5.91 Å². The number of carbonyl (C=O) groups is 1. The zero-order chi connectivity index (χ0) is 15.7. The van der Waals surface area contributed by atoms with E-state index in [0.717, 1.165) is 24.2 Å². The van der Waals surface area contributed by atoms with Gasteiger partial charge in [0.05, 0.1) is 13.2 Å². The third kappa shape index (κ3) is 4.49. The number of nitrogens with zero attached hydrogens (tertiary/aromatic N) is 1. The number of nitrogens with one attached hydrogen (secondary N) is 1. The molecule has 1 aromatic carbocycles. The van der Waals surface area contributed by atoms with E-state index < -0.39 is 5.41 Å². The molecule has 114 valence electrons. The van der Waals surface area contributed by atoms with Crippen molar-refractivity contribution in [1.29, 1.82) is 5.26 Å². The Morgan fingerprint density at radius 3 is 2.52 bits per heavy atom. The average molecular weight is 288 g/mol. The van der Waals surface area contributed by atoms with Crippen molar-refractivity contribution in [3.63, 3.8) is 0 Å². The van der Waals surface area contributed by atoms with E-state index in [1.165, 1.54) is 0 Å². The minimum absolute atomic E-state index is 0.170. The van der Waals surface area contributed by atoms with Crippen LogP contribution in [-0.4, -0.2) is 13.0 Å². The van der Waals surface area contributed by atoms with E-state index in [9.17, 15) is 10.1 Å². The molecule has 0 aliphatic rings. The standard InChI is InChI=1S/C17H24N2O2/c1-4-9-17(13-18,10-5-2)16(20)19-12-14-7-6-8-15(11-14)21-3/h6-8,11H,4-5,9-10,12H2,1-3H3,(H,19,20). The van der Waals surface area contributed by atoms with E-state index >= 15 is 0 Å². The second-order valence-corrected chi connectivity index (χ2v) is 5.23. The molecule has 1 aromatic rings. The summed E-state index contributed by atoms with van der Waals surface area (Å²) in [4.78, 5) is 12.4. The van der Waals surface area contributed by atoms with Gasteiger partial charge in [-0.05, 0) is 30.5 Å². The molecule has 0 radical (unpaired) electrons. The Morgan fingerprint density at radius 2 is 2.00 bits per heavy atom. The van der Waals surface area contributed by atoms with E-state index in [2.05, 4.69) is 11.4 Å². The molecule has 0 unspecified atom stereocenters. The molecule has 0 fully saturated rings. The van der Waals surface area contributed by atoms with Crippen LogP contribution in [0, 0.1) is 16.7 Å². The number of rotatable bonds is 8. The smallest absolute Gasteiger partial charge is 0.240 e. The Bertz CT molecular complexity index is 500. The lowest BCUT2D eigenvalue weighted by Gasteiger charge is -2.24. The number of nitriles is 1. The van der Waals surface area contributed by atoms with Gasteiger partial charge in [0.1, 0.15) is 11.2 Å². The first kappa shape index (κ1) is 17.0. The number of hydrogen-bond acceptors (Lipinski definition) is 3. The lowest BCUT2D eigenvalue weighted by atomic mass is 9.79. The van der Waals surface area contributed by atoms with Gasteiger partial charge in [-0.1, -0.05) is 38.8 Å². The van der Waals surface area contributed by atoms with E-state index in [1.807, 2.05) is 38.1 Å². The van der Waals surface area contributed by atoms with Gasteiger partial charge in [-0.2, -0.15) is 5.26 Å². The molecule has 0 heterocycles. The maximum Gasteiger partial charge on any atom is 0.240 e. The summed E-state index contributed by atoms with van der Waals surface area (Å²) in [5.41, 5.74) is 0.0603. The summed E-state index contributed by atoms with van der Waals surface area (Å²) in [5.74, 6) is 0.590. The molecule has 0 spiro atoms. The van der Waals surface area contributed by atoms with Gasteiger partial charge >= 0.3 is 0 Å². The van der Waals surface area contributed by atoms with Crippen molar-refractivity contribution in [2.24, 2.45) is 5.41 Å². The Morgan fingerprint density at radius 1 is 1.33 bits per heavy atom. The van der Waals surface area contributed by atoms with Crippen LogP contribution in [0.2, 0.25) is 0 Å². The molecule has 0 aliphatic carbocycles. The maximum absolute atomic E-state index is 12.4. The summed E-state index contributed by atoms with van der Waals surface area (Å²) in [6, 6.07) is 9.79. The Labute approximate surface area is 127 Å². The summed E-state index contributed by atoms with van der Waals surface area (Å²) >= 11 is 0. The highest BCUT2D eigenvalue weighted by molar-refractivity contribution is 5.85. The van der Waals surface area contributed by atoms with Gasteiger partial charge in [0.25, 0.3) is 0 Å². The van der Waals surface area contributed by atoms with Gasteiger partial charge in [0.2, 0.25) is 5.91 Å². The maximum atomic E-state index is 12.4. The van der Waals surface area contributed by atoms with Gasteiger partial charge in [0.15, 0.2) is 0 Å². The number of carbonyl (C=O) groups excluding carboxylic acids is 1. The Balaban J connectivity index is 2.75. The molecule has 0 aromatic heterocycles. The third-order valence-corrected chi connectivity index (χ3v) is 3.59. The summed E-state index contributed by atoms with van der Waals surface area (Å²) < 4.78 is 5.16. The molecule has 0 saturated heterocycles. The molecule has 4 heteroatoms. The molecular formula is C17H24N2O2. The zero-order valence-electron chi connectivity index (χ0n) is 13.1. The van der Waals surface area contributed by atoms with Gasteiger partial charge in [0, 0.05) is 6.54 Å². The van der Waals surface area contributed by atoms with Crippen LogP contribution >= 0.6 is 0 Å². The predicted molar refractivity (Wildman–Crippen MR) is 82.7 cm³/mol. The van der Waals surface area contributed by atoms with Crippen LogP contribution in [0.4, 0.5) is 0 Å². The molecule has 0 atom stereocenters. The average Bonchev–Trinajstić information content (AvgIpc) is 2.52. The van der Waals surface area contributed by atoms with E-state index in [4.69, 9.17) is 4.74 Å². The van der Waals surface area contributed by atoms with Crippen molar-refractivity contribution in [3.05, 3.63) is 29.8 Å². The van der Waals surface area contributed by atoms with Gasteiger partial charge < -0.3 is 10.1 Å². The fourth-order valence-electron chi connectivity index (χ4n) is 2.50. The van der Waals surface area contributed by atoms with E-state index in [-0.39, 0.29) is 5.91 Å². The first-order chi connectivity index (χ1) is 10.1. The van der Waals surface area contributed by atoms with Crippen LogP contribution in [0.3, 0.4) is 0 Å². The van der Waals surface area contributed by atoms with Crippen LogP contribution in [0.5, 0.6) is 5.75 Å². The lowest BCUT2D eigenvalue weighted by Crippen LogP contribution is -2.39. The molecule has 4 nitrogen and oxygen atoms in total.